The topological polar surface area (TPSA) is 112 Å². The quantitative estimate of drug-likeness (QED) is 0.548. The third-order valence-corrected chi connectivity index (χ3v) is 3.65. The number of benzene rings is 1. The van der Waals surface area contributed by atoms with E-state index in [1.807, 2.05) is 6.07 Å². The Kier molecular flexibility index (Phi) is 3.63. The number of carbonyl (C=O) groups is 1. The van der Waals surface area contributed by atoms with E-state index < -0.39 is 11.6 Å². The lowest BCUT2D eigenvalue weighted by molar-refractivity contribution is 0.102. The number of nitriles is 1. The summed E-state index contributed by atoms with van der Waals surface area (Å²) in [6.45, 7) is 0. The van der Waals surface area contributed by atoms with Crippen LogP contribution in [0.2, 0.25) is 0 Å². The number of fused-ring (bicyclic) bond motifs is 1. The van der Waals surface area contributed by atoms with Crippen LogP contribution in [0, 0.1) is 17.1 Å². The normalized spacial score (nSPS) is 10.6. The number of H-pyrrole nitrogens is 1. The fourth-order valence-corrected chi connectivity index (χ4v) is 2.42. The van der Waals surface area contributed by atoms with Crippen LogP contribution in [0.25, 0.3) is 5.52 Å². The molecule has 0 atom stereocenters. The fraction of sp³-hybridized carbons (Fsp3) is 0. The minimum absolute atomic E-state index is 0.0566. The molecule has 3 heterocycles. The molecule has 4 rings (SSSR count). The van der Waals surface area contributed by atoms with Gasteiger partial charge in [0.25, 0.3) is 0 Å². The van der Waals surface area contributed by atoms with Crippen LogP contribution in [0.15, 0.2) is 48.7 Å². The third-order valence-electron chi connectivity index (χ3n) is 3.65. The Balaban J connectivity index is 1.75. The predicted octanol–water partition coefficient (Wildman–Crippen LogP) is 2.44. The first-order valence-corrected chi connectivity index (χ1v) is 7.52. The van der Waals surface area contributed by atoms with Crippen molar-refractivity contribution >= 4 is 22.9 Å². The second kappa shape index (κ2) is 6.10. The molecule has 0 fully saturated rings. The maximum absolute atomic E-state index is 13.1. The van der Waals surface area contributed by atoms with E-state index >= 15 is 0 Å². The van der Waals surface area contributed by atoms with Crippen LogP contribution >= 0.6 is 0 Å². The summed E-state index contributed by atoms with van der Waals surface area (Å²) in [4.78, 5) is 16.9. The molecule has 0 aliphatic rings. The number of nitrogens with one attached hydrogen (secondary N) is 2. The molecule has 0 aliphatic carbocycles. The minimum atomic E-state index is -0.441. The summed E-state index contributed by atoms with van der Waals surface area (Å²) in [6, 6.07) is 12.1. The summed E-state index contributed by atoms with van der Waals surface area (Å²) in [6.07, 6.45) is 1.68. The van der Waals surface area contributed by atoms with Gasteiger partial charge in [-0.2, -0.15) is 10.4 Å². The first kappa shape index (κ1) is 15.5. The lowest BCUT2D eigenvalue weighted by Crippen LogP contribution is -2.12. The Labute approximate surface area is 145 Å². The van der Waals surface area contributed by atoms with E-state index in [1.54, 1.807) is 18.3 Å². The van der Waals surface area contributed by atoms with Crippen molar-refractivity contribution < 1.29 is 9.18 Å². The maximum Gasteiger partial charge on any atom is 0.232 e. The van der Waals surface area contributed by atoms with Gasteiger partial charge in [0.2, 0.25) is 11.6 Å². The molecule has 126 valence electrons. The molecule has 0 radical (unpaired) electrons. The van der Waals surface area contributed by atoms with Crippen molar-refractivity contribution in [3.05, 3.63) is 71.6 Å². The highest BCUT2D eigenvalue weighted by molar-refractivity contribution is 6.06. The summed E-state index contributed by atoms with van der Waals surface area (Å²) in [5.74, 6) is -0.199. The first-order valence-electron chi connectivity index (χ1n) is 7.52. The highest BCUT2D eigenvalue weighted by Crippen LogP contribution is 2.20. The zero-order valence-electron chi connectivity index (χ0n) is 13.1. The molecule has 0 saturated carbocycles. The number of hydrogen-bond acceptors (Lipinski definition) is 6. The molecule has 0 bridgehead atoms. The van der Waals surface area contributed by atoms with Crippen LogP contribution in [0.4, 0.5) is 16.0 Å². The average Bonchev–Trinajstić information content (AvgIpc) is 3.30. The fourth-order valence-electron chi connectivity index (χ4n) is 2.42. The van der Waals surface area contributed by atoms with Gasteiger partial charge in [0.1, 0.15) is 23.1 Å². The van der Waals surface area contributed by atoms with E-state index in [-0.39, 0.29) is 17.1 Å². The molecule has 0 amide bonds. The SMILES string of the molecule is N#Cc1cc(Nc2nc(C(=O)c3ccc(F)cc3)nn3cccc23)n[nH]1. The van der Waals surface area contributed by atoms with Crippen molar-refractivity contribution in [3.8, 4) is 6.07 Å². The number of aromatic nitrogens is 5. The van der Waals surface area contributed by atoms with Gasteiger partial charge in [0.15, 0.2) is 11.6 Å². The zero-order valence-corrected chi connectivity index (χ0v) is 13.1. The molecule has 0 unspecified atom stereocenters. The number of aromatic amines is 1. The molecule has 1 aromatic carbocycles. The van der Waals surface area contributed by atoms with Crippen LogP contribution < -0.4 is 5.32 Å². The van der Waals surface area contributed by atoms with Crippen molar-refractivity contribution in [1.29, 1.82) is 5.26 Å². The Morgan fingerprint density at radius 1 is 1.27 bits per heavy atom. The van der Waals surface area contributed by atoms with E-state index in [0.29, 0.717) is 17.2 Å². The molecule has 9 heteroatoms. The lowest BCUT2D eigenvalue weighted by Gasteiger charge is -2.07. The van der Waals surface area contributed by atoms with Gasteiger partial charge in [0, 0.05) is 17.8 Å². The first-order chi connectivity index (χ1) is 12.6. The molecular formula is C17H10FN7O. The predicted molar refractivity (Wildman–Crippen MR) is 89.4 cm³/mol. The summed E-state index contributed by atoms with van der Waals surface area (Å²) in [5, 5.41) is 22.6. The second-order valence-corrected chi connectivity index (χ2v) is 5.36. The average molecular weight is 347 g/mol. The van der Waals surface area contributed by atoms with Gasteiger partial charge < -0.3 is 5.32 Å². The number of ketones is 1. The van der Waals surface area contributed by atoms with Crippen LogP contribution in [0.3, 0.4) is 0 Å². The summed E-state index contributed by atoms with van der Waals surface area (Å²) >= 11 is 0. The Bertz CT molecular complexity index is 1150. The van der Waals surface area contributed by atoms with Gasteiger partial charge >= 0.3 is 0 Å². The van der Waals surface area contributed by atoms with Crippen LogP contribution in [-0.4, -0.2) is 30.6 Å². The van der Waals surface area contributed by atoms with Gasteiger partial charge in [-0.3, -0.25) is 9.89 Å². The monoisotopic (exact) mass is 347 g/mol. The third kappa shape index (κ3) is 2.76. The standard InChI is InChI=1S/C17H10FN7O/c18-11-5-3-10(4-6-11)15(26)17-21-16(13-2-1-7-25(13)24-17)20-14-8-12(9-19)22-23-14/h1-8H,(H2,20,21,22,23,24). The van der Waals surface area contributed by atoms with Crippen molar-refractivity contribution in [2.24, 2.45) is 0 Å². The van der Waals surface area contributed by atoms with Crippen molar-refractivity contribution in [3.63, 3.8) is 0 Å². The van der Waals surface area contributed by atoms with Gasteiger partial charge in [-0.15, -0.1) is 5.10 Å². The van der Waals surface area contributed by atoms with E-state index in [0.717, 1.165) is 0 Å². The Morgan fingerprint density at radius 2 is 2.08 bits per heavy atom. The molecule has 0 saturated heterocycles. The molecule has 0 spiro atoms. The van der Waals surface area contributed by atoms with Crippen molar-refractivity contribution in [2.75, 3.05) is 5.32 Å². The number of halogens is 1. The van der Waals surface area contributed by atoms with Crippen LogP contribution in [0.1, 0.15) is 21.9 Å². The highest BCUT2D eigenvalue weighted by atomic mass is 19.1. The largest absolute Gasteiger partial charge is 0.322 e. The zero-order chi connectivity index (χ0) is 18.1. The molecule has 0 aliphatic heterocycles. The summed E-state index contributed by atoms with van der Waals surface area (Å²) in [7, 11) is 0. The summed E-state index contributed by atoms with van der Waals surface area (Å²) < 4.78 is 14.6. The number of rotatable bonds is 4. The van der Waals surface area contributed by atoms with Gasteiger partial charge in [-0.1, -0.05) is 0 Å². The number of hydrogen-bond donors (Lipinski definition) is 2. The Morgan fingerprint density at radius 3 is 2.81 bits per heavy atom. The minimum Gasteiger partial charge on any atom is -0.322 e. The molecule has 4 aromatic rings. The second-order valence-electron chi connectivity index (χ2n) is 5.36. The molecular weight excluding hydrogens is 337 g/mol. The van der Waals surface area contributed by atoms with Crippen LogP contribution in [-0.2, 0) is 0 Å². The number of nitrogens with zero attached hydrogens (tertiary/aromatic N) is 5. The van der Waals surface area contributed by atoms with Crippen molar-refractivity contribution in [1.82, 2.24) is 24.8 Å². The Hall–Kier alpha value is -4.06. The van der Waals surface area contributed by atoms with Crippen molar-refractivity contribution in [2.45, 2.75) is 0 Å². The van der Waals surface area contributed by atoms with Crippen LogP contribution in [0.5, 0.6) is 0 Å². The maximum atomic E-state index is 13.1. The lowest BCUT2D eigenvalue weighted by atomic mass is 10.1. The van der Waals surface area contributed by atoms with E-state index in [4.69, 9.17) is 5.26 Å². The van der Waals surface area contributed by atoms with Gasteiger partial charge in [-0.05, 0) is 36.4 Å². The van der Waals surface area contributed by atoms with Gasteiger partial charge in [-0.25, -0.2) is 13.9 Å². The smallest absolute Gasteiger partial charge is 0.232 e. The van der Waals surface area contributed by atoms with E-state index in [9.17, 15) is 9.18 Å². The molecule has 26 heavy (non-hydrogen) atoms. The van der Waals surface area contributed by atoms with E-state index in [1.165, 1.54) is 34.8 Å². The van der Waals surface area contributed by atoms with E-state index in [2.05, 4.69) is 25.6 Å². The number of carbonyl (C=O) groups excluding carboxylic acids is 1. The molecule has 8 nitrogen and oxygen atoms in total. The van der Waals surface area contributed by atoms with Gasteiger partial charge in [0.05, 0.1) is 0 Å². The molecule has 3 aromatic heterocycles. The summed E-state index contributed by atoms with van der Waals surface area (Å²) in [5.41, 5.74) is 1.19. The number of anilines is 2. The highest BCUT2D eigenvalue weighted by Gasteiger charge is 2.17. The molecule has 2 N–H and O–H groups in total.